The van der Waals surface area contributed by atoms with Gasteiger partial charge < -0.3 is 5.73 Å². The van der Waals surface area contributed by atoms with Crippen LogP contribution < -0.4 is 5.73 Å². The summed E-state index contributed by atoms with van der Waals surface area (Å²) >= 11 is 1.81. The van der Waals surface area contributed by atoms with Gasteiger partial charge in [-0.3, -0.25) is 4.98 Å². The molecule has 3 heteroatoms. The fourth-order valence-corrected chi connectivity index (χ4v) is 2.13. The molecule has 0 amide bonds. The summed E-state index contributed by atoms with van der Waals surface area (Å²) in [6.07, 6.45) is 4.65. The molecule has 13 heavy (non-hydrogen) atoms. The maximum atomic E-state index is 5.93. The van der Waals surface area contributed by atoms with E-state index in [1.807, 2.05) is 36.3 Å². The van der Waals surface area contributed by atoms with Gasteiger partial charge in [0.05, 0.1) is 0 Å². The highest BCUT2D eigenvalue weighted by molar-refractivity contribution is 8.00. The molecule has 72 valence electrons. The molecule has 2 unspecified atom stereocenters. The van der Waals surface area contributed by atoms with E-state index in [0.717, 1.165) is 6.42 Å². The highest BCUT2D eigenvalue weighted by Crippen LogP contribution is 2.24. The molecule has 1 rings (SSSR count). The molecule has 0 aliphatic carbocycles. The SMILES string of the molecule is CCC(N)C(C)Sc1ccncc1. The normalized spacial score (nSPS) is 15.3. The van der Waals surface area contributed by atoms with Gasteiger partial charge in [-0.15, -0.1) is 11.8 Å². The molecule has 0 saturated carbocycles. The zero-order valence-corrected chi connectivity index (χ0v) is 8.92. The number of thioether (sulfide) groups is 1. The summed E-state index contributed by atoms with van der Waals surface area (Å²) in [6, 6.07) is 4.31. The second-order valence-electron chi connectivity index (χ2n) is 3.08. The third-order valence-corrected chi connectivity index (χ3v) is 3.31. The first kappa shape index (κ1) is 10.5. The molecule has 1 heterocycles. The van der Waals surface area contributed by atoms with Crippen molar-refractivity contribution >= 4 is 11.8 Å². The van der Waals surface area contributed by atoms with Crippen molar-refractivity contribution in [3.8, 4) is 0 Å². The third-order valence-electron chi connectivity index (χ3n) is 2.05. The first-order chi connectivity index (χ1) is 6.24. The molecule has 0 aliphatic heterocycles. The Balaban J connectivity index is 2.50. The summed E-state index contributed by atoms with van der Waals surface area (Å²) in [4.78, 5) is 5.22. The van der Waals surface area contributed by atoms with E-state index in [4.69, 9.17) is 5.73 Å². The average molecular weight is 196 g/mol. The zero-order chi connectivity index (χ0) is 9.68. The number of rotatable bonds is 4. The number of nitrogens with zero attached hydrogens (tertiary/aromatic N) is 1. The summed E-state index contributed by atoms with van der Waals surface area (Å²) in [6.45, 7) is 4.29. The van der Waals surface area contributed by atoms with E-state index in [0.29, 0.717) is 5.25 Å². The lowest BCUT2D eigenvalue weighted by atomic mass is 10.2. The maximum absolute atomic E-state index is 5.93. The highest BCUT2D eigenvalue weighted by Gasteiger charge is 2.11. The van der Waals surface area contributed by atoms with E-state index in [1.54, 1.807) is 0 Å². The minimum Gasteiger partial charge on any atom is -0.327 e. The summed E-state index contributed by atoms with van der Waals surface area (Å²) in [7, 11) is 0. The van der Waals surface area contributed by atoms with Crippen LogP contribution in [0.5, 0.6) is 0 Å². The van der Waals surface area contributed by atoms with Crippen LogP contribution >= 0.6 is 11.8 Å². The topological polar surface area (TPSA) is 38.9 Å². The minimum absolute atomic E-state index is 0.276. The van der Waals surface area contributed by atoms with Crippen LogP contribution in [-0.2, 0) is 0 Å². The van der Waals surface area contributed by atoms with Gasteiger partial charge in [-0.2, -0.15) is 0 Å². The van der Waals surface area contributed by atoms with Crippen molar-refractivity contribution in [1.82, 2.24) is 4.98 Å². The molecule has 0 bridgehead atoms. The van der Waals surface area contributed by atoms with Gasteiger partial charge in [0.25, 0.3) is 0 Å². The maximum Gasteiger partial charge on any atom is 0.0278 e. The summed E-state index contributed by atoms with van der Waals surface area (Å²) in [5.74, 6) is 0. The van der Waals surface area contributed by atoms with E-state index in [1.165, 1.54) is 4.90 Å². The van der Waals surface area contributed by atoms with Crippen molar-refractivity contribution in [3.05, 3.63) is 24.5 Å². The lowest BCUT2D eigenvalue weighted by Gasteiger charge is -2.17. The van der Waals surface area contributed by atoms with Gasteiger partial charge in [0.15, 0.2) is 0 Å². The second-order valence-corrected chi connectivity index (χ2v) is 4.53. The van der Waals surface area contributed by atoms with Gasteiger partial charge >= 0.3 is 0 Å². The standard InChI is InChI=1S/C10H16N2S/c1-3-10(11)8(2)13-9-4-6-12-7-5-9/h4-8,10H,3,11H2,1-2H3. The van der Waals surface area contributed by atoms with E-state index in [9.17, 15) is 0 Å². The van der Waals surface area contributed by atoms with Crippen LogP contribution in [0, 0.1) is 0 Å². The largest absolute Gasteiger partial charge is 0.327 e. The van der Waals surface area contributed by atoms with Crippen molar-refractivity contribution in [2.24, 2.45) is 5.73 Å². The van der Waals surface area contributed by atoms with Gasteiger partial charge in [0, 0.05) is 28.6 Å². The van der Waals surface area contributed by atoms with Gasteiger partial charge in [-0.25, -0.2) is 0 Å². The fraction of sp³-hybridized carbons (Fsp3) is 0.500. The van der Waals surface area contributed by atoms with Crippen LogP contribution in [0.2, 0.25) is 0 Å². The van der Waals surface area contributed by atoms with E-state index in [-0.39, 0.29) is 6.04 Å². The predicted molar refractivity (Wildman–Crippen MR) is 57.8 cm³/mol. The quantitative estimate of drug-likeness (QED) is 0.751. The minimum atomic E-state index is 0.276. The van der Waals surface area contributed by atoms with E-state index in [2.05, 4.69) is 18.8 Å². The van der Waals surface area contributed by atoms with Crippen LogP contribution in [-0.4, -0.2) is 16.3 Å². The van der Waals surface area contributed by atoms with Crippen molar-refractivity contribution in [2.45, 2.75) is 36.5 Å². The number of nitrogens with two attached hydrogens (primary N) is 1. The van der Waals surface area contributed by atoms with Crippen LogP contribution in [0.3, 0.4) is 0 Å². The molecule has 0 spiro atoms. The smallest absolute Gasteiger partial charge is 0.0278 e. The van der Waals surface area contributed by atoms with Gasteiger partial charge in [0.1, 0.15) is 0 Å². The molecule has 2 N–H and O–H groups in total. The first-order valence-electron chi connectivity index (χ1n) is 4.56. The average Bonchev–Trinajstić information content (AvgIpc) is 2.18. The molecule has 1 aromatic rings. The molecule has 0 saturated heterocycles. The number of pyridine rings is 1. The third kappa shape index (κ3) is 3.36. The Hall–Kier alpha value is -0.540. The lowest BCUT2D eigenvalue weighted by molar-refractivity contribution is 0.642. The Labute approximate surface area is 83.9 Å². The molecule has 0 radical (unpaired) electrons. The molecule has 0 aliphatic rings. The molecular formula is C10H16N2S. The number of hydrogen-bond acceptors (Lipinski definition) is 3. The van der Waals surface area contributed by atoms with Crippen LogP contribution in [0.25, 0.3) is 0 Å². The molecule has 2 atom stereocenters. The Bertz CT molecular complexity index is 238. The summed E-state index contributed by atoms with van der Waals surface area (Å²) in [5, 5.41) is 0.465. The monoisotopic (exact) mass is 196 g/mol. The van der Waals surface area contributed by atoms with Crippen LogP contribution in [0.4, 0.5) is 0 Å². The van der Waals surface area contributed by atoms with Gasteiger partial charge in [-0.05, 0) is 18.6 Å². The number of hydrogen-bond donors (Lipinski definition) is 1. The second kappa shape index (κ2) is 5.25. The predicted octanol–water partition coefficient (Wildman–Crippen LogP) is 2.30. The summed E-state index contributed by atoms with van der Waals surface area (Å²) in [5.41, 5.74) is 5.93. The molecular weight excluding hydrogens is 180 g/mol. The van der Waals surface area contributed by atoms with E-state index >= 15 is 0 Å². The Morgan fingerprint density at radius 1 is 1.46 bits per heavy atom. The molecule has 1 aromatic heterocycles. The van der Waals surface area contributed by atoms with Crippen molar-refractivity contribution < 1.29 is 0 Å². The molecule has 2 nitrogen and oxygen atoms in total. The van der Waals surface area contributed by atoms with Crippen LogP contribution in [0.1, 0.15) is 20.3 Å². The molecule has 0 fully saturated rings. The van der Waals surface area contributed by atoms with Gasteiger partial charge in [-0.1, -0.05) is 13.8 Å². The van der Waals surface area contributed by atoms with Crippen LogP contribution in [0.15, 0.2) is 29.4 Å². The van der Waals surface area contributed by atoms with E-state index < -0.39 is 0 Å². The fourth-order valence-electron chi connectivity index (χ4n) is 1.05. The lowest BCUT2D eigenvalue weighted by Crippen LogP contribution is -2.29. The Morgan fingerprint density at radius 3 is 2.62 bits per heavy atom. The highest BCUT2D eigenvalue weighted by atomic mass is 32.2. The van der Waals surface area contributed by atoms with Crippen molar-refractivity contribution in [2.75, 3.05) is 0 Å². The van der Waals surface area contributed by atoms with Crippen molar-refractivity contribution in [3.63, 3.8) is 0 Å². The Morgan fingerprint density at radius 2 is 2.08 bits per heavy atom. The Kier molecular flexibility index (Phi) is 4.25. The molecule has 0 aromatic carbocycles. The van der Waals surface area contributed by atoms with Crippen molar-refractivity contribution in [1.29, 1.82) is 0 Å². The first-order valence-corrected chi connectivity index (χ1v) is 5.44. The van der Waals surface area contributed by atoms with Gasteiger partial charge in [0.2, 0.25) is 0 Å². The summed E-state index contributed by atoms with van der Waals surface area (Å²) < 4.78 is 0. The number of aromatic nitrogens is 1. The zero-order valence-electron chi connectivity index (χ0n) is 8.10.